The molecule has 2 aliphatic heterocycles. The van der Waals surface area contributed by atoms with Gasteiger partial charge >= 0.3 is 6.03 Å². The highest BCUT2D eigenvalue weighted by Crippen LogP contribution is 2.37. The molecule has 2 aliphatic rings. The molecule has 0 bridgehead atoms. The van der Waals surface area contributed by atoms with Crippen molar-refractivity contribution >= 4 is 11.9 Å². The van der Waals surface area contributed by atoms with Crippen LogP contribution in [0.3, 0.4) is 0 Å². The zero-order valence-electron chi connectivity index (χ0n) is 22.1. The number of urea groups is 1. The summed E-state index contributed by atoms with van der Waals surface area (Å²) in [6.45, 7) is 6.77. The normalized spacial score (nSPS) is 18.7. The van der Waals surface area contributed by atoms with Crippen LogP contribution in [-0.4, -0.2) is 47.9 Å². The molecule has 2 saturated heterocycles. The van der Waals surface area contributed by atoms with Gasteiger partial charge in [-0.05, 0) is 69.4 Å². The van der Waals surface area contributed by atoms with Gasteiger partial charge < -0.3 is 10.2 Å². The average molecular weight is 507 g/mol. The molecule has 0 saturated carbocycles. The number of hydrogen-bond donors (Lipinski definition) is 1. The van der Waals surface area contributed by atoms with Gasteiger partial charge in [0.05, 0.1) is 11.5 Å². The first kappa shape index (κ1) is 25.7. The molecule has 3 aromatic carbocycles. The highest BCUT2D eigenvalue weighted by Gasteiger charge is 2.53. The Labute approximate surface area is 224 Å². The van der Waals surface area contributed by atoms with Crippen LogP contribution in [0.15, 0.2) is 78.9 Å². The summed E-state index contributed by atoms with van der Waals surface area (Å²) in [5.41, 5.74) is 3.13. The Morgan fingerprint density at radius 3 is 1.87 bits per heavy atom. The highest BCUT2D eigenvalue weighted by atomic mass is 16.2. The summed E-state index contributed by atoms with van der Waals surface area (Å²) < 4.78 is 0. The average Bonchev–Trinajstić information content (AvgIpc) is 3.20. The molecule has 6 heteroatoms. The van der Waals surface area contributed by atoms with Crippen LogP contribution < -0.4 is 5.32 Å². The van der Waals surface area contributed by atoms with E-state index in [4.69, 9.17) is 0 Å². The fourth-order valence-corrected chi connectivity index (χ4v) is 5.78. The number of hydrogen-bond acceptors (Lipinski definition) is 4. The van der Waals surface area contributed by atoms with Crippen molar-refractivity contribution in [1.29, 1.82) is 5.26 Å². The van der Waals surface area contributed by atoms with Crippen molar-refractivity contribution in [2.24, 2.45) is 0 Å². The molecule has 0 unspecified atom stereocenters. The van der Waals surface area contributed by atoms with E-state index >= 15 is 0 Å². The number of imide groups is 1. The molecule has 6 nitrogen and oxygen atoms in total. The number of aryl methyl sites for hydroxylation is 2. The van der Waals surface area contributed by atoms with Gasteiger partial charge in [-0.2, -0.15) is 5.26 Å². The maximum atomic E-state index is 14.0. The maximum Gasteiger partial charge on any atom is 0.325 e. The number of likely N-dealkylation sites (tertiary alicyclic amines) is 1. The first-order valence-electron chi connectivity index (χ1n) is 13.4. The molecule has 0 aliphatic carbocycles. The minimum absolute atomic E-state index is 0.235. The summed E-state index contributed by atoms with van der Waals surface area (Å²) in [4.78, 5) is 30.9. The van der Waals surface area contributed by atoms with Crippen molar-refractivity contribution in [2.45, 2.75) is 44.1 Å². The van der Waals surface area contributed by atoms with E-state index in [0.29, 0.717) is 13.0 Å². The Kier molecular flexibility index (Phi) is 7.05. The van der Waals surface area contributed by atoms with Gasteiger partial charge in [-0.15, -0.1) is 0 Å². The zero-order valence-corrected chi connectivity index (χ0v) is 22.1. The topological polar surface area (TPSA) is 76.4 Å². The van der Waals surface area contributed by atoms with Crippen molar-refractivity contribution in [1.82, 2.24) is 15.1 Å². The maximum absolute atomic E-state index is 14.0. The van der Waals surface area contributed by atoms with Gasteiger partial charge in [0.1, 0.15) is 0 Å². The van der Waals surface area contributed by atoms with E-state index in [9.17, 15) is 14.9 Å². The van der Waals surface area contributed by atoms with Crippen LogP contribution in [0.4, 0.5) is 4.79 Å². The predicted molar refractivity (Wildman–Crippen MR) is 147 cm³/mol. The molecule has 194 valence electrons. The summed E-state index contributed by atoms with van der Waals surface area (Å²) in [5, 5.41) is 13.0. The third-order valence-corrected chi connectivity index (χ3v) is 8.18. The molecule has 3 aromatic rings. The standard InChI is InChI=1S/C32H34N4O2/c1-24-9-13-27(14-10-24)32(28-15-11-25(2)12-16-28)29(37)36(30(38)34-32)20-6-19-35-21-17-31(23-33,18-22-35)26-7-4-3-5-8-26/h3-5,7-16H,6,17-22H2,1-2H3,(H,34,38). The van der Waals surface area contributed by atoms with Gasteiger partial charge in [-0.1, -0.05) is 90.0 Å². The summed E-state index contributed by atoms with van der Waals surface area (Å²) in [6, 6.07) is 27.9. The lowest BCUT2D eigenvalue weighted by molar-refractivity contribution is -0.130. The molecular formula is C32H34N4O2. The highest BCUT2D eigenvalue weighted by molar-refractivity contribution is 6.09. The van der Waals surface area contributed by atoms with E-state index in [0.717, 1.165) is 60.3 Å². The van der Waals surface area contributed by atoms with E-state index in [1.165, 1.54) is 4.90 Å². The molecule has 3 amide bonds. The van der Waals surface area contributed by atoms with E-state index in [2.05, 4.69) is 16.3 Å². The van der Waals surface area contributed by atoms with Gasteiger partial charge in [-0.3, -0.25) is 9.69 Å². The van der Waals surface area contributed by atoms with E-state index in [-0.39, 0.29) is 11.9 Å². The number of rotatable bonds is 7. The molecular weight excluding hydrogens is 472 g/mol. The number of nitriles is 1. The second kappa shape index (κ2) is 10.4. The number of piperidine rings is 1. The molecule has 1 N–H and O–H groups in total. The van der Waals surface area contributed by atoms with Gasteiger partial charge in [-0.25, -0.2) is 4.79 Å². The third-order valence-electron chi connectivity index (χ3n) is 8.18. The first-order chi connectivity index (χ1) is 18.4. The van der Waals surface area contributed by atoms with Crippen LogP contribution in [0.25, 0.3) is 0 Å². The monoisotopic (exact) mass is 506 g/mol. The summed E-state index contributed by atoms with van der Waals surface area (Å²) in [6.07, 6.45) is 2.24. The number of nitrogens with one attached hydrogen (secondary N) is 1. The Balaban J connectivity index is 1.27. The lowest BCUT2D eigenvalue weighted by Gasteiger charge is -2.37. The van der Waals surface area contributed by atoms with E-state index in [1.54, 1.807) is 0 Å². The van der Waals surface area contributed by atoms with Gasteiger partial charge in [0.2, 0.25) is 0 Å². The number of nitrogens with zero attached hydrogens (tertiary/aromatic N) is 3. The lowest BCUT2D eigenvalue weighted by Crippen LogP contribution is -2.45. The minimum atomic E-state index is -1.23. The largest absolute Gasteiger partial charge is 0.325 e. The summed E-state index contributed by atoms with van der Waals surface area (Å²) in [7, 11) is 0. The number of carbonyl (C=O) groups excluding carboxylic acids is 2. The first-order valence-corrected chi connectivity index (χ1v) is 13.4. The van der Waals surface area contributed by atoms with Crippen LogP contribution in [0.2, 0.25) is 0 Å². The van der Waals surface area contributed by atoms with Crippen molar-refractivity contribution < 1.29 is 9.59 Å². The van der Waals surface area contributed by atoms with E-state index in [1.807, 2.05) is 92.7 Å². The van der Waals surface area contributed by atoms with Crippen molar-refractivity contribution in [3.05, 3.63) is 107 Å². The predicted octanol–water partition coefficient (Wildman–Crippen LogP) is 5.05. The Morgan fingerprint density at radius 1 is 0.789 bits per heavy atom. The second-order valence-corrected chi connectivity index (χ2v) is 10.6. The SMILES string of the molecule is Cc1ccc(C2(c3ccc(C)cc3)NC(=O)N(CCCN3CCC(C#N)(c4ccccc4)CC3)C2=O)cc1. The van der Waals surface area contributed by atoms with Crippen LogP contribution in [0, 0.1) is 25.2 Å². The molecule has 0 aromatic heterocycles. The van der Waals surface area contributed by atoms with Crippen LogP contribution in [-0.2, 0) is 15.7 Å². The van der Waals surface area contributed by atoms with Crippen LogP contribution >= 0.6 is 0 Å². The molecule has 0 spiro atoms. The number of carbonyl (C=O) groups is 2. The minimum Gasteiger partial charge on any atom is -0.315 e. The summed E-state index contributed by atoms with van der Waals surface area (Å²) >= 11 is 0. The Hall–Kier alpha value is -3.95. The number of amides is 3. The van der Waals surface area contributed by atoms with Crippen molar-refractivity contribution in [3.8, 4) is 6.07 Å². The molecule has 2 heterocycles. The zero-order chi connectivity index (χ0) is 26.8. The van der Waals surface area contributed by atoms with Crippen LogP contribution in [0.1, 0.15) is 47.1 Å². The smallest absolute Gasteiger partial charge is 0.315 e. The Morgan fingerprint density at radius 2 is 1.34 bits per heavy atom. The van der Waals surface area contributed by atoms with Crippen molar-refractivity contribution in [2.75, 3.05) is 26.2 Å². The Bertz CT molecular complexity index is 1290. The lowest BCUT2D eigenvalue weighted by atomic mass is 9.74. The fraction of sp³-hybridized carbons (Fsp3) is 0.344. The fourth-order valence-electron chi connectivity index (χ4n) is 5.78. The van der Waals surface area contributed by atoms with E-state index < -0.39 is 11.0 Å². The second-order valence-electron chi connectivity index (χ2n) is 10.6. The molecule has 5 rings (SSSR count). The molecule has 2 fully saturated rings. The van der Waals surface area contributed by atoms with Gasteiger partial charge in [0, 0.05) is 6.54 Å². The van der Waals surface area contributed by atoms with Crippen molar-refractivity contribution in [3.63, 3.8) is 0 Å². The van der Waals surface area contributed by atoms with Gasteiger partial charge in [0.15, 0.2) is 5.54 Å². The summed E-state index contributed by atoms with van der Waals surface area (Å²) in [5.74, 6) is -0.235. The quantitative estimate of drug-likeness (QED) is 0.455. The van der Waals surface area contributed by atoms with Crippen LogP contribution in [0.5, 0.6) is 0 Å². The third kappa shape index (κ3) is 4.59. The number of benzene rings is 3. The van der Waals surface area contributed by atoms with Gasteiger partial charge in [0.25, 0.3) is 5.91 Å². The molecule has 0 radical (unpaired) electrons. The molecule has 38 heavy (non-hydrogen) atoms. The molecule has 0 atom stereocenters.